The zero-order valence-electron chi connectivity index (χ0n) is 10.7. The minimum Gasteiger partial charge on any atom is -0.389 e. The maximum Gasteiger partial charge on any atom is 0.106 e. The first kappa shape index (κ1) is 13.6. The van der Waals surface area contributed by atoms with Gasteiger partial charge in [0.1, 0.15) is 4.99 Å². The molecule has 1 aliphatic rings. The lowest BCUT2D eigenvalue weighted by molar-refractivity contribution is 0.619. The average Bonchev–Trinajstić information content (AvgIpc) is 2.83. The molecule has 0 saturated heterocycles. The van der Waals surface area contributed by atoms with Gasteiger partial charge in [-0.15, -0.1) is 0 Å². The number of thiocarbonyl (C=S) groups is 1. The molecule has 1 fully saturated rings. The number of anilines is 1. The van der Waals surface area contributed by atoms with Gasteiger partial charge in [-0.3, -0.25) is 0 Å². The summed E-state index contributed by atoms with van der Waals surface area (Å²) in [6.07, 6.45) is 5.11. The van der Waals surface area contributed by atoms with E-state index in [4.69, 9.17) is 29.6 Å². The highest BCUT2D eigenvalue weighted by molar-refractivity contribution is 7.80. The molecule has 0 spiro atoms. The van der Waals surface area contributed by atoms with Crippen molar-refractivity contribution in [1.82, 2.24) is 0 Å². The summed E-state index contributed by atoms with van der Waals surface area (Å²) < 4.78 is 0. The topological polar surface area (TPSA) is 29.3 Å². The van der Waals surface area contributed by atoms with Crippen molar-refractivity contribution in [2.45, 2.75) is 38.6 Å². The standard InChI is InChI=1S/C14H19ClN2S/c1-2-17(11-5-3-4-6-11)13-9-10(15)7-8-12(13)14(16)18/h7-9,11H,2-6H2,1H3,(H2,16,18). The molecule has 0 bridgehead atoms. The van der Waals surface area contributed by atoms with E-state index in [0.717, 1.165) is 22.8 Å². The van der Waals surface area contributed by atoms with E-state index in [1.54, 1.807) is 0 Å². The van der Waals surface area contributed by atoms with Crippen LogP contribution in [0.15, 0.2) is 18.2 Å². The van der Waals surface area contributed by atoms with Crippen molar-refractivity contribution in [3.05, 3.63) is 28.8 Å². The predicted octanol–water partition coefficient (Wildman–Crippen LogP) is 3.74. The summed E-state index contributed by atoms with van der Waals surface area (Å²) in [7, 11) is 0. The van der Waals surface area contributed by atoms with E-state index in [2.05, 4.69) is 11.8 Å². The fraction of sp³-hybridized carbons (Fsp3) is 0.500. The molecule has 1 aromatic carbocycles. The van der Waals surface area contributed by atoms with Gasteiger partial charge in [-0.25, -0.2) is 0 Å². The van der Waals surface area contributed by atoms with Crippen LogP contribution in [0.25, 0.3) is 0 Å². The molecule has 2 rings (SSSR count). The predicted molar refractivity (Wildman–Crippen MR) is 82.6 cm³/mol. The summed E-state index contributed by atoms with van der Waals surface area (Å²) in [6, 6.07) is 6.36. The second-order valence-electron chi connectivity index (χ2n) is 4.75. The Hall–Kier alpha value is -0.800. The molecule has 1 aliphatic carbocycles. The van der Waals surface area contributed by atoms with Crippen LogP contribution in [-0.4, -0.2) is 17.6 Å². The largest absolute Gasteiger partial charge is 0.389 e. The van der Waals surface area contributed by atoms with Crippen LogP contribution in [0.5, 0.6) is 0 Å². The Bertz CT molecular complexity index is 441. The third kappa shape index (κ3) is 2.78. The Morgan fingerprint density at radius 2 is 2.11 bits per heavy atom. The molecule has 1 aromatic rings. The van der Waals surface area contributed by atoms with Gasteiger partial charge in [-0.05, 0) is 38.0 Å². The Labute approximate surface area is 119 Å². The van der Waals surface area contributed by atoms with Gasteiger partial charge in [0.05, 0.1) is 0 Å². The molecule has 0 unspecified atom stereocenters. The molecule has 4 heteroatoms. The molecular formula is C14H19ClN2S. The van der Waals surface area contributed by atoms with Gasteiger partial charge in [-0.2, -0.15) is 0 Å². The average molecular weight is 283 g/mol. The van der Waals surface area contributed by atoms with Crippen LogP contribution in [0.2, 0.25) is 5.02 Å². The summed E-state index contributed by atoms with van der Waals surface area (Å²) in [6.45, 7) is 3.13. The zero-order chi connectivity index (χ0) is 13.1. The zero-order valence-corrected chi connectivity index (χ0v) is 12.2. The molecule has 0 radical (unpaired) electrons. The maximum atomic E-state index is 6.12. The van der Waals surface area contributed by atoms with E-state index in [1.165, 1.54) is 25.7 Å². The number of nitrogens with zero attached hydrogens (tertiary/aromatic N) is 1. The van der Waals surface area contributed by atoms with Gasteiger partial charge >= 0.3 is 0 Å². The first-order chi connectivity index (χ1) is 8.63. The normalized spacial score (nSPS) is 15.9. The summed E-state index contributed by atoms with van der Waals surface area (Å²) >= 11 is 11.3. The van der Waals surface area contributed by atoms with Crippen LogP contribution in [-0.2, 0) is 0 Å². The Balaban J connectivity index is 2.39. The number of hydrogen-bond donors (Lipinski definition) is 1. The summed E-state index contributed by atoms with van der Waals surface area (Å²) in [5.41, 5.74) is 7.84. The minimum atomic E-state index is 0.443. The molecule has 0 heterocycles. The molecule has 2 nitrogen and oxygen atoms in total. The smallest absolute Gasteiger partial charge is 0.106 e. The summed E-state index contributed by atoms with van der Waals surface area (Å²) in [5, 5.41) is 0.737. The van der Waals surface area contributed by atoms with Gasteiger partial charge < -0.3 is 10.6 Å². The van der Waals surface area contributed by atoms with E-state index in [9.17, 15) is 0 Å². The fourth-order valence-electron chi connectivity index (χ4n) is 2.79. The van der Waals surface area contributed by atoms with Crippen molar-refractivity contribution < 1.29 is 0 Å². The number of nitrogens with two attached hydrogens (primary N) is 1. The van der Waals surface area contributed by atoms with Crippen LogP contribution in [0.4, 0.5) is 5.69 Å². The number of halogens is 1. The van der Waals surface area contributed by atoms with Gasteiger partial charge in [0.15, 0.2) is 0 Å². The van der Waals surface area contributed by atoms with Crippen LogP contribution in [0.3, 0.4) is 0 Å². The highest BCUT2D eigenvalue weighted by Crippen LogP contribution is 2.32. The molecule has 0 atom stereocenters. The molecular weight excluding hydrogens is 264 g/mol. The number of rotatable bonds is 4. The van der Waals surface area contributed by atoms with Gasteiger partial charge in [-0.1, -0.05) is 36.7 Å². The Morgan fingerprint density at radius 1 is 1.44 bits per heavy atom. The van der Waals surface area contributed by atoms with Crippen LogP contribution < -0.4 is 10.6 Å². The van der Waals surface area contributed by atoms with Gasteiger partial charge in [0.25, 0.3) is 0 Å². The quantitative estimate of drug-likeness (QED) is 0.853. The van der Waals surface area contributed by atoms with Crippen molar-refractivity contribution in [3.8, 4) is 0 Å². The molecule has 0 aliphatic heterocycles. The van der Waals surface area contributed by atoms with Gasteiger partial charge in [0, 0.05) is 28.9 Å². The first-order valence-electron chi connectivity index (χ1n) is 6.49. The third-order valence-corrected chi connectivity index (χ3v) is 4.10. The highest BCUT2D eigenvalue weighted by Gasteiger charge is 2.24. The fourth-order valence-corrected chi connectivity index (χ4v) is 3.13. The lowest BCUT2D eigenvalue weighted by atomic mass is 10.1. The van der Waals surface area contributed by atoms with Crippen molar-refractivity contribution in [2.24, 2.45) is 5.73 Å². The molecule has 18 heavy (non-hydrogen) atoms. The van der Waals surface area contributed by atoms with Crippen LogP contribution in [0, 0.1) is 0 Å². The molecule has 0 aromatic heterocycles. The van der Waals surface area contributed by atoms with E-state index in [0.29, 0.717) is 11.0 Å². The SMILES string of the molecule is CCN(c1cc(Cl)ccc1C(N)=S)C1CCCC1. The highest BCUT2D eigenvalue weighted by atomic mass is 35.5. The van der Waals surface area contributed by atoms with Crippen molar-refractivity contribution in [1.29, 1.82) is 0 Å². The third-order valence-electron chi connectivity index (χ3n) is 3.64. The van der Waals surface area contributed by atoms with E-state index in [1.807, 2.05) is 18.2 Å². The Morgan fingerprint density at radius 3 is 2.67 bits per heavy atom. The maximum absolute atomic E-state index is 6.12. The van der Waals surface area contributed by atoms with Crippen molar-refractivity contribution >= 4 is 34.5 Å². The summed E-state index contributed by atoms with van der Waals surface area (Å²) in [4.78, 5) is 2.84. The molecule has 1 saturated carbocycles. The number of hydrogen-bond acceptors (Lipinski definition) is 2. The van der Waals surface area contributed by atoms with Crippen molar-refractivity contribution in [3.63, 3.8) is 0 Å². The molecule has 0 amide bonds. The minimum absolute atomic E-state index is 0.443. The lowest BCUT2D eigenvalue weighted by Crippen LogP contribution is -2.34. The molecule has 98 valence electrons. The molecule has 2 N–H and O–H groups in total. The first-order valence-corrected chi connectivity index (χ1v) is 7.28. The summed E-state index contributed by atoms with van der Waals surface area (Å²) in [5.74, 6) is 0. The monoisotopic (exact) mass is 282 g/mol. The Kier molecular flexibility index (Phi) is 4.46. The van der Waals surface area contributed by atoms with Gasteiger partial charge in [0.2, 0.25) is 0 Å². The van der Waals surface area contributed by atoms with Crippen LogP contribution in [0.1, 0.15) is 38.2 Å². The number of benzene rings is 1. The lowest BCUT2D eigenvalue weighted by Gasteiger charge is -2.31. The van der Waals surface area contributed by atoms with Crippen LogP contribution >= 0.6 is 23.8 Å². The van der Waals surface area contributed by atoms with Crippen molar-refractivity contribution in [2.75, 3.05) is 11.4 Å². The second kappa shape index (κ2) is 5.89. The van der Waals surface area contributed by atoms with E-state index in [-0.39, 0.29) is 0 Å². The second-order valence-corrected chi connectivity index (χ2v) is 5.63. The van der Waals surface area contributed by atoms with E-state index < -0.39 is 0 Å². The van der Waals surface area contributed by atoms with E-state index >= 15 is 0 Å².